The van der Waals surface area contributed by atoms with Crippen LogP contribution in [0.25, 0.3) is 0 Å². The Hall–Kier alpha value is -1.26. The third-order valence-corrected chi connectivity index (χ3v) is 2.73. The smallest absolute Gasteiger partial charge is 0.407 e. The van der Waals surface area contributed by atoms with Crippen LogP contribution in [0.15, 0.2) is 0 Å². The summed E-state index contributed by atoms with van der Waals surface area (Å²) in [4.78, 5) is 25.4. The van der Waals surface area contributed by atoms with Gasteiger partial charge < -0.3 is 10.0 Å². The van der Waals surface area contributed by atoms with Gasteiger partial charge in [-0.1, -0.05) is 0 Å². The fourth-order valence-electron chi connectivity index (χ4n) is 1.83. The molecule has 1 N–H and O–H groups in total. The van der Waals surface area contributed by atoms with E-state index in [0.717, 1.165) is 19.3 Å². The molecule has 0 bridgehead atoms. The molecule has 2 rings (SSSR count). The molecule has 2 fully saturated rings. The van der Waals surface area contributed by atoms with Gasteiger partial charge in [-0.2, -0.15) is 0 Å². The number of nitrogens with zero attached hydrogens (tertiary/aromatic N) is 2. The summed E-state index contributed by atoms with van der Waals surface area (Å²) in [6, 6.07) is 0.399. The Balaban J connectivity index is 2.00. The topological polar surface area (TPSA) is 60.9 Å². The number of carbonyl (C=O) groups is 2. The minimum atomic E-state index is -0.990. The molecular weight excluding hydrogens is 184 g/mol. The van der Waals surface area contributed by atoms with Gasteiger partial charge in [-0.3, -0.25) is 9.69 Å². The summed E-state index contributed by atoms with van der Waals surface area (Å²) >= 11 is 0. The number of carbonyl (C=O) groups excluding carboxylic acids is 1. The van der Waals surface area contributed by atoms with Gasteiger partial charge in [0.15, 0.2) is 0 Å². The van der Waals surface area contributed by atoms with Gasteiger partial charge in [0.2, 0.25) is 5.91 Å². The standard InChI is InChI=1S/C9H14N2O3/c12-8-6-10(9(13)14)4-1-5-11(8)7-2-3-7/h7H,1-6H2,(H,13,14). The first-order chi connectivity index (χ1) is 6.68. The molecule has 1 heterocycles. The minimum Gasteiger partial charge on any atom is -0.465 e. The van der Waals surface area contributed by atoms with Crippen molar-refractivity contribution in [3.8, 4) is 0 Å². The maximum atomic E-state index is 11.6. The minimum absolute atomic E-state index is 0.0336. The van der Waals surface area contributed by atoms with E-state index >= 15 is 0 Å². The molecular formula is C9H14N2O3. The lowest BCUT2D eigenvalue weighted by molar-refractivity contribution is -0.131. The Kier molecular flexibility index (Phi) is 2.31. The maximum Gasteiger partial charge on any atom is 0.407 e. The van der Waals surface area contributed by atoms with Crippen LogP contribution < -0.4 is 0 Å². The molecule has 5 nitrogen and oxygen atoms in total. The van der Waals surface area contributed by atoms with E-state index in [2.05, 4.69) is 0 Å². The summed E-state index contributed by atoms with van der Waals surface area (Å²) in [6.07, 6.45) is 1.93. The largest absolute Gasteiger partial charge is 0.465 e. The SMILES string of the molecule is O=C(O)N1CCCN(C2CC2)C(=O)C1. The highest BCUT2D eigenvalue weighted by Crippen LogP contribution is 2.27. The molecule has 1 aliphatic heterocycles. The summed E-state index contributed by atoms with van der Waals surface area (Å²) in [5, 5.41) is 8.78. The average Bonchev–Trinajstić information content (AvgIpc) is 2.89. The quantitative estimate of drug-likeness (QED) is 0.661. The normalized spacial score (nSPS) is 23.6. The molecule has 1 aliphatic carbocycles. The summed E-state index contributed by atoms with van der Waals surface area (Å²) in [6.45, 7) is 1.23. The van der Waals surface area contributed by atoms with Gasteiger partial charge >= 0.3 is 6.09 Å². The molecule has 2 amide bonds. The van der Waals surface area contributed by atoms with E-state index in [1.807, 2.05) is 4.90 Å². The first kappa shape index (κ1) is 9.30. The molecule has 0 atom stereocenters. The van der Waals surface area contributed by atoms with E-state index in [0.29, 0.717) is 19.1 Å². The lowest BCUT2D eigenvalue weighted by Gasteiger charge is -2.19. The molecule has 1 saturated heterocycles. The Morgan fingerprint density at radius 1 is 1.36 bits per heavy atom. The molecule has 0 radical (unpaired) electrons. The number of rotatable bonds is 1. The van der Waals surface area contributed by atoms with E-state index < -0.39 is 6.09 Å². The Morgan fingerprint density at radius 2 is 2.07 bits per heavy atom. The Morgan fingerprint density at radius 3 is 2.64 bits per heavy atom. The van der Waals surface area contributed by atoms with Crippen molar-refractivity contribution in [1.29, 1.82) is 0 Å². The summed E-state index contributed by atoms with van der Waals surface area (Å²) in [5.74, 6) is -0.0348. The van der Waals surface area contributed by atoms with Gasteiger partial charge in [0.1, 0.15) is 6.54 Å². The zero-order chi connectivity index (χ0) is 10.1. The second kappa shape index (κ2) is 3.48. The van der Waals surface area contributed by atoms with Crippen LogP contribution in [0, 0.1) is 0 Å². The lowest BCUT2D eigenvalue weighted by Crippen LogP contribution is -2.39. The first-order valence-corrected chi connectivity index (χ1v) is 4.96. The van der Waals surface area contributed by atoms with Crippen LogP contribution >= 0.6 is 0 Å². The van der Waals surface area contributed by atoms with Crippen LogP contribution in [-0.4, -0.2) is 52.6 Å². The van der Waals surface area contributed by atoms with Crippen LogP contribution in [-0.2, 0) is 4.79 Å². The Labute approximate surface area is 82.3 Å². The van der Waals surface area contributed by atoms with Crippen molar-refractivity contribution in [2.24, 2.45) is 0 Å². The van der Waals surface area contributed by atoms with Crippen molar-refractivity contribution in [1.82, 2.24) is 9.80 Å². The predicted molar refractivity (Wildman–Crippen MR) is 48.9 cm³/mol. The Bertz CT molecular complexity index is 263. The molecule has 14 heavy (non-hydrogen) atoms. The van der Waals surface area contributed by atoms with E-state index in [9.17, 15) is 9.59 Å². The second-order valence-electron chi connectivity index (χ2n) is 3.88. The summed E-state index contributed by atoms with van der Waals surface area (Å²) in [5.41, 5.74) is 0. The molecule has 5 heteroatoms. The number of carboxylic acid groups (broad SMARTS) is 1. The number of hydrogen-bond acceptors (Lipinski definition) is 2. The fraction of sp³-hybridized carbons (Fsp3) is 0.778. The highest BCUT2D eigenvalue weighted by Gasteiger charge is 2.34. The second-order valence-corrected chi connectivity index (χ2v) is 3.88. The molecule has 2 aliphatic rings. The van der Waals surface area contributed by atoms with E-state index in [-0.39, 0.29) is 12.5 Å². The molecule has 78 valence electrons. The van der Waals surface area contributed by atoms with Crippen molar-refractivity contribution < 1.29 is 14.7 Å². The van der Waals surface area contributed by atoms with Crippen molar-refractivity contribution in [3.05, 3.63) is 0 Å². The van der Waals surface area contributed by atoms with Crippen LogP contribution in [0.1, 0.15) is 19.3 Å². The molecule has 0 aromatic heterocycles. The van der Waals surface area contributed by atoms with Crippen molar-refractivity contribution in [3.63, 3.8) is 0 Å². The predicted octanol–water partition coefficient (Wildman–Crippen LogP) is 0.361. The fourth-order valence-corrected chi connectivity index (χ4v) is 1.83. The van der Waals surface area contributed by atoms with Gasteiger partial charge in [0, 0.05) is 19.1 Å². The molecule has 0 spiro atoms. The van der Waals surface area contributed by atoms with Gasteiger partial charge in [-0.15, -0.1) is 0 Å². The van der Waals surface area contributed by atoms with Crippen LogP contribution in [0.3, 0.4) is 0 Å². The van der Waals surface area contributed by atoms with E-state index in [1.165, 1.54) is 4.90 Å². The van der Waals surface area contributed by atoms with Crippen molar-refractivity contribution in [2.75, 3.05) is 19.6 Å². The third-order valence-electron chi connectivity index (χ3n) is 2.73. The summed E-state index contributed by atoms with van der Waals surface area (Å²) < 4.78 is 0. The molecule has 0 aromatic carbocycles. The van der Waals surface area contributed by atoms with Crippen LogP contribution in [0.2, 0.25) is 0 Å². The number of amides is 2. The van der Waals surface area contributed by atoms with Gasteiger partial charge in [-0.05, 0) is 19.3 Å². The van der Waals surface area contributed by atoms with Crippen LogP contribution in [0.5, 0.6) is 0 Å². The third kappa shape index (κ3) is 1.81. The lowest BCUT2D eigenvalue weighted by atomic mass is 10.4. The first-order valence-electron chi connectivity index (χ1n) is 4.96. The van der Waals surface area contributed by atoms with E-state index in [1.54, 1.807) is 0 Å². The van der Waals surface area contributed by atoms with Crippen LogP contribution in [0.4, 0.5) is 4.79 Å². The van der Waals surface area contributed by atoms with Crippen molar-refractivity contribution in [2.45, 2.75) is 25.3 Å². The van der Waals surface area contributed by atoms with Gasteiger partial charge in [0.05, 0.1) is 0 Å². The highest BCUT2D eigenvalue weighted by molar-refractivity contribution is 5.82. The van der Waals surface area contributed by atoms with E-state index in [4.69, 9.17) is 5.11 Å². The zero-order valence-corrected chi connectivity index (χ0v) is 7.98. The molecule has 0 unspecified atom stereocenters. The van der Waals surface area contributed by atoms with Gasteiger partial charge in [0.25, 0.3) is 0 Å². The average molecular weight is 198 g/mol. The molecule has 0 aromatic rings. The van der Waals surface area contributed by atoms with Gasteiger partial charge in [-0.25, -0.2) is 4.79 Å². The maximum absolute atomic E-state index is 11.6. The monoisotopic (exact) mass is 198 g/mol. The van der Waals surface area contributed by atoms with Crippen molar-refractivity contribution >= 4 is 12.0 Å². The molecule has 1 saturated carbocycles. The zero-order valence-electron chi connectivity index (χ0n) is 7.98. The number of hydrogen-bond donors (Lipinski definition) is 1. The summed E-state index contributed by atoms with van der Waals surface area (Å²) in [7, 11) is 0. The highest BCUT2D eigenvalue weighted by atomic mass is 16.4.